The first-order valence-electron chi connectivity index (χ1n) is 5.93. The van der Waals surface area contributed by atoms with Gasteiger partial charge in [0.05, 0.1) is 5.56 Å². The van der Waals surface area contributed by atoms with E-state index in [1.54, 1.807) is 0 Å². The molecule has 2 nitrogen and oxygen atoms in total. The second-order valence-electron chi connectivity index (χ2n) is 4.51. The minimum absolute atomic E-state index is 0.0731. The predicted octanol–water partition coefficient (Wildman–Crippen LogP) is 3.03. The molecule has 0 aromatic heterocycles. The number of hydrogen-bond donors (Lipinski definition) is 2. The smallest absolute Gasteiger partial charge is 0.254 e. The first kappa shape index (κ1) is 12.4. The van der Waals surface area contributed by atoms with Crippen LogP contribution in [-0.4, -0.2) is 12.5 Å². The molecular formula is C13H16FNOS. The van der Waals surface area contributed by atoms with Crippen molar-refractivity contribution in [3.05, 3.63) is 29.6 Å². The molecule has 0 spiro atoms. The Morgan fingerprint density at radius 1 is 1.47 bits per heavy atom. The van der Waals surface area contributed by atoms with Crippen molar-refractivity contribution in [2.75, 3.05) is 6.54 Å². The molecule has 0 bridgehead atoms. The molecular weight excluding hydrogens is 237 g/mol. The minimum atomic E-state index is -0.498. The molecule has 0 heterocycles. The molecule has 92 valence electrons. The third-order valence-corrected chi connectivity index (χ3v) is 3.24. The van der Waals surface area contributed by atoms with Gasteiger partial charge in [0.15, 0.2) is 0 Å². The van der Waals surface area contributed by atoms with Gasteiger partial charge >= 0.3 is 0 Å². The highest BCUT2D eigenvalue weighted by Gasteiger charge is 2.20. The standard InChI is InChI=1S/C13H16FNOS/c14-12-6-5-10(17)8-11(12)13(16)15-7-1-2-9-3-4-9/h5-6,8-9,17H,1-4,7H2,(H,15,16). The molecule has 0 saturated heterocycles. The van der Waals surface area contributed by atoms with Crippen molar-refractivity contribution < 1.29 is 9.18 Å². The van der Waals surface area contributed by atoms with Gasteiger partial charge in [-0.15, -0.1) is 12.6 Å². The predicted molar refractivity (Wildman–Crippen MR) is 67.9 cm³/mol. The van der Waals surface area contributed by atoms with Gasteiger partial charge in [0.2, 0.25) is 0 Å². The monoisotopic (exact) mass is 253 g/mol. The lowest BCUT2D eigenvalue weighted by atomic mass is 10.2. The van der Waals surface area contributed by atoms with Gasteiger partial charge in [-0.05, 0) is 37.0 Å². The van der Waals surface area contributed by atoms with Gasteiger partial charge in [-0.2, -0.15) is 0 Å². The van der Waals surface area contributed by atoms with Crippen LogP contribution in [0.3, 0.4) is 0 Å². The number of carbonyl (C=O) groups excluding carboxylic acids is 1. The molecule has 0 atom stereocenters. The van der Waals surface area contributed by atoms with E-state index in [-0.39, 0.29) is 11.5 Å². The van der Waals surface area contributed by atoms with Gasteiger partial charge in [-0.25, -0.2) is 4.39 Å². The topological polar surface area (TPSA) is 29.1 Å². The zero-order valence-electron chi connectivity index (χ0n) is 9.58. The Morgan fingerprint density at radius 3 is 2.94 bits per heavy atom. The van der Waals surface area contributed by atoms with Crippen LogP contribution in [0.5, 0.6) is 0 Å². The van der Waals surface area contributed by atoms with Crippen LogP contribution in [0.4, 0.5) is 4.39 Å². The van der Waals surface area contributed by atoms with Crippen LogP contribution in [-0.2, 0) is 0 Å². The number of benzene rings is 1. The van der Waals surface area contributed by atoms with Crippen LogP contribution >= 0.6 is 12.6 Å². The number of amides is 1. The number of nitrogens with one attached hydrogen (secondary N) is 1. The van der Waals surface area contributed by atoms with Crippen molar-refractivity contribution in [3.63, 3.8) is 0 Å². The molecule has 0 unspecified atom stereocenters. The number of halogens is 1. The summed E-state index contributed by atoms with van der Waals surface area (Å²) in [5, 5.41) is 2.74. The zero-order valence-corrected chi connectivity index (χ0v) is 10.5. The SMILES string of the molecule is O=C(NCCCC1CC1)c1cc(S)ccc1F. The third-order valence-electron chi connectivity index (χ3n) is 2.97. The van der Waals surface area contributed by atoms with E-state index < -0.39 is 5.82 Å². The Morgan fingerprint density at radius 2 is 2.24 bits per heavy atom. The summed E-state index contributed by atoms with van der Waals surface area (Å²) in [5.41, 5.74) is 0.0731. The van der Waals surface area contributed by atoms with E-state index in [0.29, 0.717) is 11.4 Å². The molecule has 2 rings (SSSR count). The molecule has 1 aromatic rings. The number of hydrogen-bond acceptors (Lipinski definition) is 2. The lowest BCUT2D eigenvalue weighted by Gasteiger charge is -2.06. The highest BCUT2D eigenvalue weighted by atomic mass is 32.1. The van der Waals surface area contributed by atoms with E-state index in [1.165, 1.54) is 31.0 Å². The minimum Gasteiger partial charge on any atom is -0.352 e. The van der Waals surface area contributed by atoms with Crippen molar-refractivity contribution in [3.8, 4) is 0 Å². The quantitative estimate of drug-likeness (QED) is 0.613. The van der Waals surface area contributed by atoms with Crippen molar-refractivity contribution in [1.29, 1.82) is 0 Å². The molecule has 1 amide bonds. The van der Waals surface area contributed by atoms with Crippen LogP contribution in [0, 0.1) is 11.7 Å². The number of thiol groups is 1. The largest absolute Gasteiger partial charge is 0.352 e. The fourth-order valence-corrected chi connectivity index (χ4v) is 1.99. The van der Waals surface area contributed by atoms with Crippen molar-refractivity contribution in [1.82, 2.24) is 5.32 Å². The molecule has 1 fully saturated rings. The van der Waals surface area contributed by atoms with Gasteiger partial charge in [-0.3, -0.25) is 4.79 Å². The van der Waals surface area contributed by atoms with Gasteiger partial charge in [0, 0.05) is 11.4 Å². The summed E-state index contributed by atoms with van der Waals surface area (Å²) in [5.74, 6) is 0.0149. The van der Waals surface area contributed by atoms with E-state index in [4.69, 9.17) is 0 Å². The first-order chi connectivity index (χ1) is 8.16. The van der Waals surface area contributed by atoms with Crippen LogP contribution in [0.2, 0.25) is 0 Å². The normalized spacial score (nSPS) is 14.7. The summed E-state index contributed by atoms with van der Waals surface area (Å²) in [7, 11) is 0. The second kappa shape index (κ2) is 5.54. The summed E-state index contributed by atoms with van der Waals surface area (Å²) in [4.78, 5) is 12.3. The molecule has 1 N–H and O–H groups in total. The Balaban J connectivity index is 1.82. The van der Waals surface area contributed by atoms with E-state index in [1.807, 2.05) is 0 Å². The second-order valence-corrected chi connectivity index (χ2v) is 5.02. The van der Waals surface area contributed by atoms with E-state index in [0.717, 1.165) is 18.8 Å². The summed E-state index contributed by atoms with van der Waals surface area (Å²) in [6.45, 7) is 0.617. The van der Waals surface area contributed by atoms with Crippen LogP contribution < -0.4 is 5.32 Å². The Hall–Kier alpha value is -1.03. The summed E-state index contributed by atoms with van der Waals surface area (Å²) in [6, 6.07) is 4.25. The molecule has 1 saturated carbocycles. The fraction of sp³-hybridized carbons (Fsp3) is 0.462. The van der Waals surface area contributed by atoms with Crippen LogP contribution in [0.25, 0.3) is 0 Å². The first-order valence-corrected chi connectivity index (χ1v) is 6.38. The average molecular weight is 253 g/mol. The summed E-state index contributed by atoms with van der Waals surface area (Å²) in [6.07, 6.45) is 4.78. The van der Waals surface area contributed by atoms with Gasteiger partial charge in [0.25, 0.3) is 5.91 Å². The van der Waals surface area contributed by atoms with Crippen molar-refractivity contribution in [2.45, 2.75) is 30.6 Å². The Labute approximate surface area is 106 Å². The highest BCUT2D eigenvalue weighted by Crippen LogP contribution is 2.33. The maximum atomic E-state index is 13.4. The maximum absolute atomic E-state index is 13.4. The van der Waals surface area contributed by atoms with Crippen LogP contribution in [0.15, 0.2) is 23.1 Å². The molecule has 4 heteroatoms. The molecule has 17 heavy (non-hydrogen) atoms. The Bertz CT molecular complexity index is 418. The van der Waals surface area contributed by atoms with Gasteiger partial charge in [-0.1, -0.05) is 12.8 Å². The fourth-order valence-electron chi connectivity index (χ4n) is 1.78. The van der Waals surface area contributed by atoms with E-state index in [2.05, 4.69) is 17.9 Å². The van der Waals surface area contributed by atoms with Gasteiger partial charge in [0.1, 0.15) is 5.82 Å². The van der Waals surface area contributed by atoms with Crippen LogP contribution in [0.1, 0.15) is 36.0 Å². The number of carbonyl (C=O) groups is 1. The van der Waals surface area contributed by atoms with E-state index in [9.17, 15) is 9.18 Å². The lowest BCUT2D eigenvalue weighted by molar-refractivity contribution is 0.0948. The molecule has 1 aliphatic rings. The maximum Gasteiger partial charge on any atom is 0.254 e. The molecule has 1 aliphatic carbocycles. The van der Waals surface area contributed by atoms with Gasteiger partial charge < -0.3 is 5.32 Å². The van der Waals surface area contributed by atoms with Crippen molar-refractivity contribution >= 4 is 18.5 Å². The molecule has 1 aromatic carbocycles. The third kappa shape index (κ3) is 3.73. The average Bonchev–Trinajstić information content (AvgIpc) is 3.11. The lowest BCUT2D eigenvalue weighted by Crippen LogP contribution is -2.25. The number of rotatable bonds is 5. The molecule has 0 radical (unpaired) electrons. The summed E-state index contributed by atoms with van der Waals surface area (Å²) < 4.78 is 13.4. The molecule has 0 aliphatic heterocycles. The van der Waals surface area contributed by atoms with E-state index >= 15 is 0 Å². The highest BCUT2D eigenvalue weighted by molar-refractivity contribution is 7.80. The zero-order chi connectivity index (χ0) is 12.3. The summed E-state index contributed by atoms with van der Waals surface area (Å²) >= 11 is 4.09. The van der Waals surface area contributed by atoms with Crippen molar-refractivity contribution in [2.24, 2.45) is 5.92 Å². The Kier molecular flexibility index (Phi) is 4.05.